The lowest BCUT2D eigenvalue weighted by molar-refractivity contribution is -0.546. The third kappa shape index (κ3) is 10.8. The molecule has 0 saturated carbocycles. The molecule has 6 aromatic rings. The molecule has 4 heterocycles. The normalized spacial score (nSPS) is 14.0. The molecule has 2 aliphatic heterocycles. The van der Waals surface area contributed by atoms with E-state index in [0.717, 1.165) is 71.6 Å². The molecule has 0 saturated heterocycles. The lowest BCUT2D eigenvalue weighted by Crippen LogP contribution is -2.96. The van der Waals surface area contributed by atoms with Gasteiger partial charge in [-0.05, 0) is 92.1 Å². The van der Waals surface area contributed by atoms with Crippen LogP contribution in [0, 0.1) is 11.3 Å². The number of nitrogens with zero attached hydrogens (tertiary/aromatic N) is 6. The molecule has 14 heteroatoms. The Morgan fingerprint density at radius 2 is 0.968 bits per heavy atom. The predicted molar refractivity (Wildman–Crippen MR) is 235 cm³/mol. The van der Waals surface area contributed by atoms with E-state index in [1.54, 1.807) is 26.4 Å². The van der Waals surface area contributed by atoms with E-state index in [2.05, 4.69) is 17.1 Å². The van der Waals surface area contributed by atoms with Crippen LogP contribution in [0.15, 0.2) is 177 Å². The number of carbonyl (C=O) groups is 2. The predicted octanol–water partition coefficient (Wildman–Crippen LogP) is 5.60. The van der Waals surface area contributed by atoms with Gasteiger partial charge in [-0.15, -0.1) is 20.5 Å². The van der Waals surface area contributed by atoms with Crippen molar-refractivity contribution in [3.8, 4) is 0 Å². The Bertz CT molecular complexity index is 2170. The summed E-state index contributed by atoms with van der Waals surface area (Å²) < 4.78 is 10.9. The maximum absolute atomic E-state index is 11.3. The number of aliphatic carboxylic acids is 2. The number of carboxylic acid groups (broad SMARTS) is 2. The molecular formula is C48H54N8O6. The van der Waals surface area contributed by atoms with Gasteiger partial charge in [-0.25, -0.2) is 0 Å². The first-order valence-corrected chi connectivity index (χ1v) is 21.0. The summed E-state index contributed by atoms with van der Waals surface area (Å²) in [5, 5.41) is 39.7. The quantitative estimate of drug-likeness (QED) is 0.0922. The zero-order valence-electron chi connectivity index (χ0n) is 35.3. The van der Waals surface area contributed by atoms with E-state index in [1.807, 2.05) is 177 Å². The summed E-state index contributed by atoms with van der Waals surface area (Å²) in [7, 11) is 0. The molecule has 0 amide bonds. The number of hydrogen-bond donors (Lipinski definition) is 2. The van der Waals surface area contributed by atoms with Gasteiger partial charge in [0.2, 0.25) is 11.5 Å². The zero-order chi connectivity index (χ0) is 43.7. The van der Waals surface area contributed by atoms with Gasteiger partial charge < -0.3 is 28.6 Å². The topological polar surface area (TPSA) is 177 Å². The van der Waals surface area contributed by atoms with Crippen LogP contribution < -0.4 is 41.5 Å². The molecule has 14 nitrogen and oxygen atoms in total. The molecule has 0 fully saturated rings. The number of carbonyl (C=O) groups excluding carboxylic acids is 2. The third-order valence-electron chi connectivity index (χ3n) is 10.8. The molecule has 0 spiro atoms. The molecule has 2 aliphatic rings. The molecule has 4 aromatic carbocycles. The summed E-state index contributed by atoms with van der Waals surface area (Å²) in [5.74, 6) is -0.403. The number of furan rings is 2. The van der Waals surface area contributed by atoms with Gasteiger partial charge in [-0.2, -0.15) is 10.9 Å². The van der Waals surface area contributed by atoms with Crippen LogP contribution >= 0.6 is 0 Å². The lowest BCUT2D eigenvalue weighted by atomic mass is 9.69. The van der Waals surface area contributed by atoms with Crippen LogP contribution in [0.3, 0.4) is 0 Å². The SMILES string of the molecule is CCCCCCC(C(=O)[O-])C(CC)(CC)C(=O)[O-].c1ccc(N2N=C(c3ccco3)[NH2+]N2c2ccccc2)cc1.c1ccc(N2N=C(c3ccco3)[NH2+]N2c2ccccc2)cc1. The number of carboxylic acids is 2. The summed E-state index contributed by atoms with van der Waals surface area (Å²) in [4.78, 5) is 22.5. The number of hydrazone groups is 2. The van der Waals surface area contributed by atoms with E-state index in [0.29, 0.717) is 6.42 Å². The Labute approximate surface area is 362 Å². The van der Waals surface area contributed by atoms with Gasteiger partial charge in [0, 0.05) is 23.3 Å². The third-order valence-corrected chi connectivity index (χ3v) is 10.8. The molecule has 62 heavy (non-hydrogen) atoms. The van der Waals surface area contributed by atoms with Gasteiger partial charge in [0.1, 0.15) is 11.4 Å². The number of para-hydroxylation sites is 4. The van der Waals surface area contributed by atoms with E-state index >= 15 is 0 Å². The average Bonchev–Trinajstić information content (AvgIpc) is 4.17. The molecule has 1 atom stereocenters. The number of nitrogens with two attached hydrogens (primary N) is 2. The smallest absolute Gasteiger partial charge is 0.313 e. The van der Waals surface area contributed by atoms with Gasteiger partial charge in [0.05, 0.1) is 23.9 Å². The number of amidine groups is 2. The van der Waals surface area contributed by atoms with Crippen LogP contribution in [-0.2, 0) is 9.59 Å². The molecule has 1 unspecified atom stereocenters. The highest BCUT2D eigenvalue weighted by Crippen LogP contribution is 2.38. The van der Waals surface area contributed by atoms with E-state index in [1.165, 1.54) is 0 Å². The highest BCUT2D eigenvalue weighted by atomic mass is 16.4. The summed E-state index contributed by atoms with van der Waals surface area (Å²) in [6.45, 7) is 5.46. The maximum atomic E-state index is 11.3. The van der Waals surface area contributed by atoms with Crippen LogP contribution in [0.4, 0.5) is 22.7 Å². The molecule has 4 N–H and O–H groups in total. The van der Waals surface area contributed by atoms with Crippen LogP contribution in [0.5, 0.6) is 0 Å². The lowest BCUT2D eigenvalue weighted by Gasteiger charge is -2.41. The summed E-state index contributed by atoms with van der Waals surface area (Å²) in [5.41, 5.74) is 6.72. The van der Waals surface area contributed by atoms with Crippen molar-refractivity contribution >= 4 is 46.4 Å². The van der Waals surface area contributed by atoms with Crippen molar-refractivity contribution in [3.63, 3.8) is 0 Å². The number of rotatable bonds is 16. The molecule has 0 bridgehead atoms. The first-order chi connectivity index (χ1) is 30.3. The minimum absolute atomic E-state index is 0.262. The minimum Gasteiger partial charge on any atom is -0.550 e. The fraction of sp³-hybridized carbons (Fsp3) is 0.250. The van der Waals surface area contributed by atoms with Crippen LogP contribution in [0.25, 0.3) is 0 Å². The number of hydrogen-bond acceptors (Lipinski definition) is 12. The Morgan fingerprint density at radius 1 is 0.565 bits per heavy atom. The summed E-state index contributed by atoms with van der Waals surface area (Å²) in [6.07, 6.45) is 7.94. The van der Waals surface area contributed by atoms with Crippen molar-refractivity contribution in [2.45, 2.75) is 65.7 Å². The van der Waals surface area contributed by atoms with Crippen molar-refractivity contribution in [1.29, 1.82) is 0 Å². The summed E-state index contributed by atoms with van der Waals surface area (Å²) in [6, 6.07) is 47.9. The fourth-order valence-electron chi connectivity index (χ4n) is 7.35. The molecule has 2 aromatic heterocycles. The van der Waals surface area contributed by atoms with Gasteiger partial charge >= 0.3 is 11.7 Å². The Hall–Kier alpha value is -7.16. The second-order valence-corrected chi connectivity index (χ2v) is 14.7. The van der Waals surface area contributed by atoms with E-state index in [-0.39, 0.29) is 12.8 Å². The second-order valence-electron chi connectivity index (χ2n) is 14.7. The van der Waals surface area contributed by atoms with Gasteiger partial charge in [0.15, 0.2) is 0 Å². The Morgan fingerprint density at radius 3 is 1.29 bits per heavy atom. The Kier molecular flexibility index (Phi) is 15.7. The highest BCUT2D eigenvalue weighted by molar-refractivity contribution is 5.92. The molecule has 0 aliphatic carbocycles. The van der Waals surface area contributed by atoms with Crippen LogP contribution in [-0.4, -0.2) is 23.6 Å². The second kappa shape index (κ2) is 21.9. The molecule has 0 radical (unpaired) electrons. The molecule has 322 valence electrons. The van der Waals surface area contributed by atoms with E-state index in [4.69, 9.17) is 8.83 Å². The monoisotopic (exact) mass is 838 g/mol. The maximum Gasteiger partial charge on any atom is 0.313 e. The van der Waals surface area contributed by atoms with E-state index < -0.39 is 23.3 Å². The Balaban J connectivity index is 0.000000157. The van der Waals surface area contributed by atoms with Gasteiger partial charge in [0.25, 0.3) is 0 Å². The number of benzene rings is 4. The first kappa shape index (κ1) is 44.4. The van der Waals surface area contributed by atoms with Crippen molar-refractivity contribution < 1.29 is 39.5 Å². The number of unbranched alkanes of at least 4 members (excludes halogenated alkanes) is 3. The van der Waals surface area contributed by atoms with Crippen molar-refractivity contribution in [2.24, 2.45) is 21.5 Å². The molecular weight excluding hydrogens is 785 g/mol. The fourth-order valence-corrected chi connectivity index (χ4v) is 7.35. The van der Waals surface area contributed by atoms with Gasteiger partial charge in [-0.3, -0.25) is 0 Å². The summed E-state index contributed by atoms with van der Waals surface area (Å²) >= 11 is 0. The zero-order valence-corrected chi connectivity index (χ0v) is 35.3. The minimum atomic E-state index is -1.29. The number of anilines is 4. The number of hydrazine groups is 2. The average molecular weight is 839 g/mol. The largest absolute Gasteiger partial charge is 0.550 e. The highest BCUT2D eigenvalue weighted by Gasteiger charge is 2.38. The van der Waals surface area contributed by atoms with Crippen molar-refractivity contribution in [3.05, 3.63) is 170 Å². The van der Waals surface area contributed by atoms with E-state index in [9.17, 15) is 19.8 Å². The van der Waals surface area contributed by atoms with Crippen molar-refractivity contribution in [2.75, 3.05) is 20.5 Å². The molecule has 8 rings (SSSR count). The van der Waals surface area contributed by atoms with Crippen molar-refractivity contribution in [1.82, 2.24) is 0 Å². The van der Waals surface area contributed by atoms with Crippen LogP contribution in [0.1, 0.15) is 77.2 Å². The number of quaternary nitrogens is 2. The standard InChI is InChI=1S/2C17H14N4O.C14H26O4/c2*1-3-8-14(9-4-1)20-18-17(16-12-7-13-22-16)19-21(20)15-10-5-2-6-11-15;1-4-7-8-9-10-11(12(15)16)14(5-2,6-3)13(17)18/h2*1-13H,(H,18,19);11H,4-10H2,1-3H3,(H,15,16)(H,17,18). The van der Waals surface area contributed by atoms with Gasteiger partial charge in [-0.1, -0.05) is 129 Å². The van der Waals surface area contributed by atoms with Crippen LogP contribution in [0.2, 0.25) is 0 Å². The first-order valence-electron chi connectivity index (χ1n) is 21.0.